The van der Waals surface area contributed by atoms with Crippen LogP contribution in [0.1, 0.15) is 44.4 Å². The molecular weight excluding hydrogens is 754 g/mol. The van der Waals surface area contributed by atoms with Gasteiger partial charge in [-0.2, -0.15) is 0 Å². The predicted molar refractivity (Wildman–Crippen MR) is 226 cm³/mol. The van der Waals surface area contributed by atoms with Gasteiger partial charge in [-0.1, -0.05) is 69.6 Å². The van der Waals surface area contributed by atoms with Crippen molar-refractivity contribution in [2.24, 2.45) is 0 Å². The van der Waals surface area contributed by atoms with Gasteiger partial charge in [-0.25, -0.2) is 24.5 Å². The molecule has 0 saturated heterocycles. The first-order valence-electron chi connectivity index (χ1n) is 19.0. The molecule has 0 bridgehead atoms. The molecule has 58 heavy (non-hydrogen) atoms. The van der Waals surface area contributed by atoms with E-state index < -0.39 is 11.3 Å². The molecule has 0 spiro atoms. The van der Waals surface area contributed by atoms with Crippen LogP contribution >= 0.6 is 11.6 Å². The van der Waals surface area contributed by atoms with Crippen molar-refractivity contribution >= 4 is 88.3 Å². The Balaban J connectivity index is 0.000000145. The zero-order valence-corrected chi connectivity index (χ0v) is 32.7. The van der Waals surface area contributed by atoms with Crippen LogP contribution in [0.4, 0.5) is 0 Å². The molecular formula is C46H34ClN5O6. The van der Waals surface area contributed by atoms with E-state index in [4.69, 9.17) is 29.9 Å². The molecule has 0 atom stereocenters. The Bertz CT molecular complexity index is 3520. The van der Waals surface area contributed by atoms with Crippen molar-refractivity contribution < 1.29 is 18.3 Å². The monoisotopic (exact) mass is 787 g/mol. The van der Waals surface area contributed by atoms with Gasteiger partial charge in [-0.3, -0.25) is 0 Å². The fraction of sp³-hybridized carbons (Fsp3) is 0.196. The summed E-state index contributed by atoms with van der Waals surface area (Å²) in [5.41, 5.74) is 6.24. The minimum atomic E-state index is -0.446. The predicted octanol–water partition coefficient (Wildman–Crippen LogP) is 9.71. The molecule has 3 aromatic carbocycles. The summed E-state index contributed by atoms with van der Waals surface area (Å²) in [7, 11) is 0. The van der Waals surface area contributed by atoms with E-state index in [1.807, 2.05) is 65.2 Å². The van der Waals surface area contributed by atoms with E-state index in [0.717, 1.165) is 82.4 Å². The van der Waals surface area contributed by atoms with Crippen LogP contribution in [0.2, 0.25) is 5.15 Å². The first-order valence-corrected chi connectivity index (χ1v) is 19.4. The second kappa shape index (κ2) is 12.1. The summed E-state index contributed by atoms with van der Waals surface area (Å²) in [6.45, 7) is 10.2. The first-order chi connectivity index (χ1) is 28.0. The van der Waals surface area contributed by atoms with Gasteiger partial charge in [0.2, 0.25) is 11.4 Å². The highest BCUT2D eigenvalue weighted by molar-refractivity contribution is 6.30. The molecule has 0 aliphatic carbocycles. The molecule has 7 aromatic heterocycles. The van der Waals surface area contributed by atoms with Crippen molar-refractivity contribution in [1.82, 2.24) is 24.5 Å². The Hall–Kier alpha value is -6.72. The maximum atomic E-state index is 13.4. The van der Waals surface area contributed by atoms with Gasteiger partial charge in [0, 0.05) is 66.8 Å². The van der Waals surface area contributed by atoms with Gasteiger partial charge in [0.05, 0.1) is 47.1 Å². The van der Waals surface area contributed by atoms with Gasteiger partial charge in [-0.05, 0) is 48.5 Å². The minimum absolute atomic E-state index is 0.0411. The van der Waals surface area contributed by atoms with E-state index >= 15 is 0 Å². The first kappa shape index (κ1) is 34.5. The summed E-state index contributed by atoms with van der Waals surface area (Å²) < 4.78 is 25.2. The van der Waals surface area contributed by atoms with Crippen molar-refractivity contribution in [1.29, 1.82) is 0 Å². The number of pyridine rings is 3. The number of rotatable bonds is 2. The van der Waals surface area contributed by atoms with Crippen LogP contribution in [0, 0.1) is 0 Å². The third kappa shape index (κ3) is 4.95. The fourth-order valence-electron chi connectivity index (χ4n) is 8.77. The number of H-pyrrole nitrogens is 1. The topological polar surface area (TPSA) is 138 Å². The third-order valence-electron chi connectivity index (χ3n) is 11.6. The summed E-state index contributed by atoms with van der Waals surface area (Å²) in [6.07, 6.45) is 3.25. The molecule has 11 nitrogen and oxygen atoms in total. The zero-order chi connectivity index (χ0) is 39.7. The molecule has 2 aliphatic heterocycles. The Morgan fingerprint density at radius 1 is 0.724 bits per heavy atom. The lowest BCUT2D eigenvalue weighted by atomic mass is 9.86. The number of nitrogens with one attached hydrogen (secondary N) is 1. The maximum Gasteiger partial charge on any atom is 0.362 e. The normalized spacial score (nSPS) is 15.3. The summed E-state index contributed by atoms with van der Waals surface area (Å²) in [5, 5.41) is 6.44. The SMILES string of the molecule is CC1(C)COc2c1ccc1[nH]c3c(=O)oc4ncccc4c3c21.CC1(C)COc2c1ccc1c2c2c3cccnc3oc(=O)c2n1Cc1cc2ccccc2nc1Cl. The number of ether oxygens (including phenoxy) is 2. The van der Waals surface area contributed by atoms with E-state index in [1.54, 1.807) is 12.4 Å². The highest BCUT2D eigenvalue weighted by atomic mass is 35.5. The molecule has 12 heteroatoms. The van der Waals surface area contributed by atoms with Crippen LogP contribution in [0.15, 0.2) is 110 Å². The summed E-state index contributed by atoms with van der Waals surface area (Å²) in [5.74, 6) is 1.67. The second-order valence-electron chi connectivity index (χ2n) is 16.4. The fourth-order valence-corrected chi connectivity index (χ4v) is 8.98. The molecule has 0 unspecified atom stereocenters. The number of fused-ring (bicyclic) bond motifs is 15. The average Bonchev–Trinajstić information content (AvgIpc) is 3.95. The van der Waals surface area contributed by atoms with Crippen molar-refractivity contribution in [3.8, 4) is 11.5 Å². The number of halogens is 1. The number of aromatic nitrogens is 5. The molecule has 0 fully saturated rings. The molecule has 0 amide bonds. The van der Waals surface area contributed by atoms with E-state index in [-0.39, 0.29) is 10.8 Å². The zero-order valence-electron chi connectivity index (χ0n) is 31.9. The average molecular weight is 788 g/mol. The van der Waals surface area contributed by atoms with Gasteiger partial charge in [0.15, 0.2) is 0 Å². The van der Waals surface area contributed by atoms with E-state index in [0.29, 0.717) is 47.4 Å². The lowest BCUT2D eigenvalue weighted by Crippen LogP contribution is -2.18. The van der Waals surface area contributed by atoms with Crippen molar-refractivity contribution in [2.75, 3.05) is 13.2 Å². The van der Waals surface area contributed by atoms with Gasteiger partial charge in [0.1, 0.15) is 27.7 Å². The smallest absolute Gasteiger partial charge is 0.362 e. The number of nitrogens with zero attached hydrogens (tertiary/aromatic N) is 4. The van der Waals surface area contributed by atoms with Crippen molar-refractivity contribution in [2.45, 2.75) is 45.1 Å². The number of benzene rings is 3. The molecule has 0 radical (unpaired) electrons. The van der Waals surface area contributed by atoms with Gasteiger partial charge in [-0.15, -0.1) is 0 Å². The molecule has 1 N–H and O–H groups in total. The van der Waals surface area contributed by atoms with Gasteiger partial charge >= 0.3 is 11.3 Å². The lowest BCUT2D eigenvalue weighted by Gasteiger charge is -2.15. The molecule has 10 aromatic rings. The number of aromatic amines is 1. The van der Waals surface area contributed by atoms with Crippen molar-refractivity contribution in [3.05, 3.63) is 134 Å². The maximum absolute atomic E-state index is 13.4. The van der Waals surface area contributed by atoms with Crippen LogP contribution < -0.4 is 20.7 Å². The lowest BCUT2D eigenvalue weighted by molar-refractivity contribution is 0.293. The highest BCUT2D eigenvalue weighted by Gasteiger charge is 2.36. The summed E-state index contributed by atoms with van der Waals surface area (Å²) >= 11 is 6.63. The Kier molecular flexibility index (Phi) is 7.23. The Morgan fingerprint density at radius 2 is 1.36 bits per heavy atom. The molecule has 286 valence electrons. The van der Waals surface area contributed by atoms with Gasteiger partial charge in [0.25, 0.3) is 0 Å². The summed E-state index contributed by atoms with van der Waals surface area (Å²) in [4.78, 5) is 41.9. The number of hydrogen-bond acceptors (Lipinski definition) is 9. The van der Waals surface area contributed by atoms with E-state index in [1.165, 1.54) is 0 Å². The Morgan fingerprint density at radius 3 is 2.09 bits per heavy atom. The quantitative estimate of drug-likeness (QED) is 0.170. The van der Waals surface area contributed by atoms with Crippen LogP contribution in [0.3, 0.4) is 0 Å². The van der Waals surface area contributed by atoms with Gasteiger partial charge < -0.3 is 27.9 Å². The van der Waals surface area contributed by atoms with E-state index in [9.17, 15) is 9.59 Å². The van der Waals surface area contributed by atoms with Crippen LogP contribution in [0.5, 0.6) is 11.5 Å². The molecule has 9 heterocycles. The Labute approximate surface area is 333 Å². The number of hydrogen-bond donors (Lipinski definition) is 1. The van der Waals surface area contributed by atoms with Crippen LogP contribution in [-0.2, 0) is 17.4 Å². The molecule has 0 saturated carbocycles. The molecule has 12 rings (SSSR count). The van der Waals surface area contributed by atoms with Crippen molar-refractivity contribution in [3.63, 3.8) is 0 Å². The van der Waals surface area contributed by atoms with Crippen LogP contribution in [0.25, 0.3) is 76.7 Å². The highest BCUT2D eigenvalue weighted by Crippen LogP contribution is 2.48. The van der Waals surface area contributed by atoms with Crippen LogP contribution in [-0.4, -0.2) is 37.7 Å². The minimum Gasteiger partial charge on any atom is -0.492 e. The van der Waals surface area contributed by atoms with E-state index in [2.05, 4.69) is 65.8 Å². The molecule has 2 aliphatic rings. The second-order valence-corrected chi connectivity index (χ2v) is 16.7. The standard InChI is InChI=1S/C28H20ClN3O3.C18H14N2O3/c1-28(2)14-34-24-18(28)9-10-20-22(24)21-17-7-5-11-30-26(17)35-27(33)23(21)32(20)13-16-12-15-6-3-4-8-19(15)31-25(16)29;1-18(2)8-22-15-10(18)5-6-11-13(15)12-9-4-3-7-19-16(9)23-17(21)14(12)20-11/h3-12H,13-14H2,1-2H3;3-7,20H,8H2,1-2H3. The number of para-hydroxylation sites is 1. The third-order valence-corrected chi connectivity index (χ3v) is 12.0. The largest absolute Gasteiger partial charge is 0.492 e. The summed E-state index contributed by atoms with van der Waals surface area (Å²) in [6, 6.07) is 25.7.